The van der Waals surface area contributed by atoms with Crippen molar-refractivity contribution in [1.82, 2.24) is 5.32 Å². The van der Waals surface area contributed by atoms with Crippen molar-refractivity contribution in [1.29, 1.82) is 0 Å². The van der Waals surface area contributed by atoms with Crippen molar-refractivity contribution in [2.45, 2.75) is 36.9 Å². The molecule has 1 fully saturated rings. The number of carbonyl (C=O) groups is 1. The summed E-state index contributed by atoms with van der Waals surface area (Å²) in [5.41, 5.74) is 14.1. The van der Waals surface area contributed by atoms with Crippen LogP contribution in [0.25, 0.3) is 6.08 Å². The van der Waals surface area contributed by atoms with Crippen LogP contribution in [0.3, 0.4) is 0 Å². The smallest absolute Gasteiger partial charge is 0.248 e. The lowest BCUT2D eigenvalue weighted by Crippen LogP contribution is -2.54. The molecule has 5 heteroatoms. The number of hydrogen-bond donors (Lipinski definition) is 4. The summed E-state index contributed by atoms with van der Waals surface area (Å²) in [7, 11) is 0. The molecule has 0 bridgehead atoms. The Bertz CT molecular complexity index is 709. The van der Waals surface area contributed by atoms with Crippen LogP contribution in [0.2, 0.25) is 0 Å². The van der Waals surface area contributed by atoms with Crippen molar-refractivity contribution in [2.75, 3.05) is 0 Å². The first kappa shape index (κ1) is 16.6. The number of nitrogens with one attached hydrogen (secondary N) is 1. The van der Waals surface area contributed by atoms with Crippen LogP contribution in [0.1, 0.15) is 24.8 Å². The lowest BCUT2D eigenvalue weighted by atomic mass is 9.75. The molecule has 1 amide bonds. The van der Waals surface area contributed by atoms with E-state index in [0.717, 1.165) is 23.1 Å². The van der Waals surface area contributed by atoms with Crippen LogP contribution in [0.4, 0.5) is 0 Å². The molecular formula is C19H23N3O2. The van der Waals surface area contributed by atoms with E-state index in [4.69, 9.17) is 11.5 Å². The van der Waals surface area contributed by atoms with Gasteiger partial charge in [-0.25, -0.2) is 0 Å². The number of carbonyl (C=O) groups excluding carboxylic acids is 1. The first-order chi connectivity index (χ1) is 11.5. The highest BCUT2D eigenvalue weighted by molar-refractivity contribution is 5.90. The van der Waals surface area contributed by atoms with Gasteiger partial charge in [0.2, 0.25) is 5.91 Å². The molecule has 0 aromatic heterocycles. The highest BCUT2D eigenvalue weighted by atomic mass is 16.3. The molecule has 0 saturated heterocycles. The van der Waals surface area contributed by atoms with E-state index in [9.17, 15) is 9.90 Å². The Morgan fingerprint density at radius 2 is 2.08 bits per heavy atom. The number of rotatable bonds is 3. The zero-order valence-corrected chi connectivity index (χ0v) is 13.5. The van der Waals surface area contributed by atoms with E-state index in [-0.39, 0.29) is 5.91 Å². The lowest BCUT2D eigenvalue weighted by molar-refractivity contribution is -0.123. The molecule has 5 nitrogen and oxygen atoms in total. The van der Waals surface area contributed by atoms with E-state index in [1.807, 2.05) is 42.5 Å². The maximum Gasteiger partial charge on any atom is 0.248 e. The average Bonchev–Trinajstić information content (AvgIpc) is 2.59. The van der Waals surface area contributed by atoms with Gasteiger partial charge in [0, 0.05) is 6.20 Å². The minimum absolute atomic E-state index is 0.287. The molecule has 0 spiro atoms. The molecule has 0 heterocycles. The van der Waals surface area contributed by atoms with Crippen LogP contribution < -0.4 is 16.8 Å². The van der Waals surface area contributed by atoms with Crippen LogP contribution in [0.15, 0.2) is 59.8 Å². The van der Waals surface area contributed by atoms with Gasteiger partial charge in [-0.2, -0.15) is 0 Å². The van der Waals surface area contributed by atoms with Gasteiger partial charge >= 0.3 is 0 Å². The summed E-state index contributed by atoms with van der Waals surface area (Å²) in [5.74, 6) is -0.287. The maximum absolute atomic E-state index is 12.5. The summed E-state index contributed by atoms with van der Waals surface area (Å²) in [6, 6.07) is 9.20. The van der Waals surface area contributed by atoms with Gasteiger partial charge in [-0.1, -0.05) is 36.4 Å². The van der Waals surface area contributed by atoms with Gasteiger partial charge in [0.15, 0.2) is 0 Å². The van der Waals surface area contributed by atoms with Gasteiger partial charge in [0.05, 0.1) is 12.1 Å². The molecule has 1 saturated carbocycles. The Balaban J connectivity index is 1.72. The van der Waals surface area contributed by atoms with Crippen LogP contribution in [-0.4, -0.2) is 28.7 Å². The lowest BCUT2D eigenvalue weighted by Gasteiger charge is -2.36. The van der Waals surface area contributed by atoms with Crippen molar-refractivity contribution >= 4 is 12.0 Å². The fourth-order valence-electron chi connectivity index (χ4n) is 3.16. The minimum atomic E-state index is -1.14. The zero-order valence-electron chi connectivity index (χ0n) is 13.5. The van der Waals surface area contributed by atoms with Gasteiger partial charge in [0.1, 0.15) is 5.54 Å². The second kappa shape index (κ2) is 6.73. The van der Waals surface area contributed by atoms with E-state index in [2.05, 4.69) is 5.32 Å². The second-order valence-electron chi connectivity index (χ2n) is 6.42. The number of amides is 1. The molecule has 1 aromatic rings. The Morgan fingerprint density at radius 1 is 1.33 bits per heavy atom. The summed E-state index contributed by atoms with van der Waals surface area (Å²) >= 11 is 0. The Hall–Kier alpha value is -2.21. The number of aliphatic hydroxyl groups is 1. The van der Waals surface area contributed by atoms with Crippen LogP contribution in [0.5, 0.6) is 0 Å². The van der Waals surface area contributed by atoms with Gasteiger partial charge in [-0.15, -0.1) is 0 Å². The molecule has 2 aliphatic rings. The Morgan fingerprint density at radius 3 is 2.83 bits per heavy atom. The topological polar surface area (TPSA) is 101 Å². The maximum atomic E-state index is 12.5. The number of hydrogen-bond acceptors (Lipinski definition) is 4. The zero-order chi connectivity index (χ0) is 17.2. The molecule has 3 unspecified atom stereocenters. The molecule has 2 aliphatic carbocycles. The van der Waals surface area contributed by atoms with Gasteiger partial charge in [0.25, 0.3) is 0 Å². The summed E-state index contributed by atoms with van der Waals surface area (Å²) in [6.07, 6.45) is 8.37. The predicted molar refractivity (Wildman–Crippen MR) is 94.5 cm³/mol. The van der Waals surface area contributed by atoms with E-state index in [1.54, 1.807) is 12.3 Å². The minimum Gasteiger partial charge on any atom is -0.391 e. The fourth-order valence-corrected chi connectivity index (χ4v) is 3.16. The quantitative estimate of drug-likeness (QED) is 0.671. The number of nitrogens with two attached hydrogens (primary N) is 2. The monoisotopic (exact) mass is 325 g/mol. The van der Waals surface area contributed by atoms with Gasteiger partial charge in [-0.05, 0) is 48.1 Å². The van der Waals surface area contributed by atoms with Crippen LogP contribution >= 0.6 is 0 Å². The van der Waals surface area contributed by atoms with E-state index in [0.29, 0.717) is 12.8 Å². The van der Waals surface area contributed by atoms with E-state index < -0.39 is 17.7 Å². The van der Waals surface area contributed by atoms with Crippen molar-refractivity contribution in [2.24, 2.45) is 11.5 Å². The molecule has 24 heavy (non-hydrogen) atoms. The molecule has 1 aromatic carbocycles. The molecule has 3 rings (SSSR count). The number of fused-ring (bicyclic) bond motifs is 1. The standard InChI is InChI=1S/C19H23N3O2/c20-17-15-12-19(21,10-8-14(15)6-7-16(17)23)18(24)22-11-9-13-4-2-1-3-5-13/h1-5,8-9,11-12,16-17,23H,6-7,10,20-21H2,(H,22,24). The number of benzene rings is 1. The van der Waals surface area contributed by atoms with Gasteiger partial charge < -0.3 is 21.9 Å². The largest absolute Gasteiger partial charge is 0.391 e. The number of aliphatic hydroxyl groups excluding tert-OH is 1. The van der Waals surface area contributed by atoms with E-state index >= 15 is 0 Å². The third-order valence-electron chi connectivity index (χ3n) is 4.67. The summed E-state index contributed by atoms with van der Waals surface area (Å²) in [4.78, 5) is 12.5. The highest BCUT2D eigenvalue weighted by Crippen LogP contribution is 2.34. The van der Waals surface area contributed by atoms with Crippen molar-refractivity contribution < 1.29 is 9.90 Å². The Kier molecular flexibility index (Phi) is 4.66. The fraction of sp³-hybridized carbons (Fsp3) is 0.316. The second-order valence-corrected chi connectivity index (χ2v) is 6.42. The molecular weight excluding hydrogens is 302 g/mol. The normalized spacial score (nSPS) is 29.6. The van der Waals surface area contributed by atoms with Crippen molar-refractivity contribution in [3.8, 4) is 0 Å². The molecule has 126 valence electrons. The highest BCUT2D eigenvalue weighted by Gasteiger charge is 2.38. The first-order valence-electron chi connectivity index (χ1n) is 8.17. The SMILES string of the molecule is NC1C2=CC(N)(C(=O)NC=Cc3ccccc3)CC=C2CCC1O. The van der Waals surface area contributed by atoms with Crippen LogP contribution in [-0.2, 0) is 4.79 Å². The van der Waals surface area contributed by atoms with Gasteiger partial charge in [-0.3, -0.25) is 4.79 Å². The van der Waals surface area contributed by atoms with Crippen LogP contribution in [0, 0.1) is 0 Å². The van der Waals surface area contributed by atoms with E-state index in [1.165, 1.54) is 0 Å². The third kappa shape index (κ3) is 3.33. The average molecular weight is 325 g/mol. The first-order valence-corrected chi connectivity index (χ1v) is 8.17. The Labute approximate surface area is 141 Å². The van der Waals surface area contributed by atoms with Crippen molar-refractivity contribution in [3.05, 3.63) is 65.4 Å². The molecule has 3 atom stereocenters. The molecule has 0 aliphatic heterocycles. The summed E-state index contributed by atoms with van der Waals surface area (Å²) < 4.78 is 0. The molecule has 6 N–H and O–H groups in total. The third-order valence-corrected chi connectivity index (χ3v) is 4.67. The predicted octanol–water partition coefficient (Wildman–Crippen LogP) is 1.21. The summed E-state index contributed by atoms with van der Waals surface area (Å²) in [5, 5.41) is 12.7. The molecule has 0 radical (unpaired) electrons. The summed E-state index contributed by atoms with van der Waals surface area (Å²) in [6.45, 7) is 0. The van der Waals surface area contributed by atoms with Crippen molar-refractivity contribution in [3.63, 3.8) is 0 Å².